The van der Waals surface area contributed by atoms with E-state index in [2.05, 4.69) is 51.5 Å². The van der Waals surface area contributed by atoms with E-state index in [1.807, 2.05) is 19.9 Å². The molecule has 0 aliphatic rings. The van der Waals surface area contributed by atoms with E-state index in [9.17, 15) is 0 Å². The number of hydrogen-bond acceptors (Lipinski definition) is 3. The van der Waals surface area contributed by atoms with E-state index in [-0.39, 0.29) is 0 Å². The second kappa shape index (κ2) is 4.96. The van der Waals surface area contributed by atoms with Crippen molar-refractivity contribution in [3.63, 3.8) is 0 Å². The van der Waals surface area contributed by atoms with Crippen molar-refractivity contribution < 1.29 is 0 Å². The predicted octanol–water partition coefficient (Wildman–Crippen LogP) is 3.50. The lowest BCUT2D eigenvalue weighted by molar-refractivity contribution is 1.00. The summed E-state index contributed by atoms with van der Waals surface area (Å²) in [6.07, 6.45) is 0. The summed E-state index contributed by atoms with van der Waals surface area (Å²) >= 11 is 0. The van der Waals surface area contributed by atoms with Crippen LogP contribution < -0.4 is 5.32 Å². The van der Waals surface area contributed by atoms with Crippen LogP contribution in [-0.4, -0.2) is 15.0 Å². The fraction of sp³-hybridized carbons (Fsp3) is 0.250. The number of hydrogen-bond donors (Lipinski definition) is 2. The molecule has 0 saturated carbocycles. The van der Waals surface area contributed by atoms with Crippen LogP contribution >= 0.6 is 0 Å². The van der Waals surface area contributed by atoms with Crippen LogP contribution in [0.1, 0.15) is 22.6 Å². The van der Waals surface area contributed by atoms with Crippen molar-refractivity contribution in [1.29, 1.82) is 0 Å². The van der Waals surface area contributed by atoms with Crippen molar-refractivity contribution in [3.05, 3.63) is 53.0 Å². The molecule has 0 unspecified atom stereocenters. The molecule has 2 N–H and O–H groups in total. The highest BCUT2D eigenvalue weighted by molar-refractivity contribution is 5.81. The van der Waals surface area contributed by atoms with Crippen LogP contribution in [0.5, 0.6) is 0 Å². The summed E-state index contributed by atoms with van der Waals surface area (Å²) in [6.45, 7) is 6.76. The Labute approximate surface area is 118 Å². The maximum absolute atomic E-state index is 4.39. The van der Waals surface area contributed by atoms with Crippen LogP contribution in [0.3, 0.4) is 0 Å². The molecule has 20 heavy (non-hydrogen) atoms. The Morgan fingerprint density at radius 2 is 1.75 bits per heavy atom. The summed E-state index contributed by atoms with van der Waals surface area (Å²) in [7, 11) is 0. The molecule has 2 heterocycles. The second-order valence-corrected chi connectivity index (χ2v) is 5.20. The zero-order chi connectivity index (χ0) is 14.1. The van der Waals surface area contributed by atoms with Crippen molar-refractivity contribution >= 4 is 16.9 Å². The molecule has 3 aromatic rings. The maximum atomic E-state index is 4.39. The average Bonchev–Trinajstić information content (AvgIpc) is 2.74. The van der Waals surface area contributed by atoms with Crippen LogP contribution in [0.2, 0.25) is 0 Å². The molecule has 4 nitrogen and oxygen atoms in total. The van der Waals surface area contributed by atoms with Crippen molar-refractivity contribution in [1.82, 2.24) is 15.0 Å². The van der Waals surface area contributed by atoms with E-state index in [0.717, 1.165) is 17.9 Å². The van der Waals surface area contributed by atoms with Crippen molar-refractivity contribution in [2.45, 2.75) is 27.3 Å². The molecular weight excluding hydrogens is 248 g/mol. The summed E-state index contributed by atoms with van der Waals surface area (Å²) < 4.78 is 0. The predicted molar refractivity (Wildman–Crippen MR) is 81.9 cm³/mol. The monoisotopic (exact) mass is 266 g/mol. The summed E-state index contributed by atoms with van der Waals surface area (Å²) in [4.78, 5) is 12.1. The van der Waals surface area contributed by atoms with E-state index < -0.39 is 0 Å². The third kappa shape index (κ3) is 2.64. The highest BCUT2D eigenvalue weighted by Gasteiger charge is 2.02. The van der Waals surface area contributed by atoms with E-state index >= 15 is 0 Å². The molecular formula is C16H18N4. The number of aryl methyl sites for hydroxylation is 3. The summed E-state index contributed by atoms with van der Waals surface area (Å²) in [5.74, 6) is 0.688. The fourth-order valence-electron chi connectivity index (χ4n) is 2.42. The lowest BCUT2D eigenvalue weighted by Crippen LogP contribution is -2.05. The molecule has 1 aromatic carbocycles. The third-order valence-corrected chi connectivity index (χ3v) is 3.25. The molecule has 0 bridgehead atoms. The van der Waals surface area contributed by atoms with Gasteiger partial charge in [-0.2, -0.15) is 0 Å². The van der Waals surface area contributed by atoms with Gasteiger partial charge in [-0.1, -0.05) is 6.07 Å². The first kappa shape index (κ1) is 12.7. The average molecular weight is 266 g/mol. The van der Waals surface area contributed by atoms with Crippen LogP contribution in [0, 0.1) is 20.8 Å². The Balaban J connectivity index is 1.79. The fourth-order valence-corrected chi connectivity index (χ4v) is 2.42. The standard InChI is InChI=1S/C16H18N4/c1-10-6-11(2)20-16(19-10)17-9-13-4-5-15-14(8-13)7-12(3)18-15/h4-8,18H,9H2,1-3H3,(H,17,19,20). The number of fused-ring (bicyclic) bond motifs is 1. The van der Waals surface area contributed by atoms with Gasteiger partial charge >= 0.3 is 0 Å². The SMILES string of the molecule is Cc1cc(C)nc(NCc2ccc3[nH]c(C)cc3c2)n1. The minimum Gasteiger partial charge on any atom is -0.359 e. The van der Waals surface area contributed by atoms with Crippen LogP contribution in [0.25, 0.3) is 10.9 Å². The highest BCUT2D eigenvalue weighted by Crippen LogP contribution is 2.17. The number of anilines is 1. The van der Waals surface area contributed by atoms with Crippen molar-refractivity contribution in [2.75, 3.05) is 5.32 Å². The van der Waals surface area contributed by atoms with Gasteiger partial charge in [0.05, 0.1) is 0 Å². The van der Waals surface area contributed by atoms with Crippen LogP contribution in [0.4, 0.5) is 5.95 Å². The van der Waals surface area contributed by atoms with Gasteiger partial charge in [-0.15, -0.1) is 0 Å². The largest absolute Gasteiger partial charge is 0.359 e. The molecule has 0 fully saturated rings. The van der Waals surface area contributed by atoms with Gasteiger partial charge in [-0.3, -0.25) is 0 Å². The first-order valence-electron chi connectivity index (χ1n) is 6.74. The summed E-state index contributed by atoms with van der Waals surface area (Å²) in [6, 6.07) is 10.6. The topological polar surface area (TPSA) is 53.6 Å². The van der Waals surface area contributed by atoms with Crippen LogP contribution in [0.15, 0.2) is 30.3 Å². The zero-order valence-electron chi connectivity index (χ0n) is 12.0. The number of benzene rings is 1. The van der Waals surface area contributed by atoms with Crippen molar-refractivity contribution in [2.24, 2.45) is 0 Å². The second-order valence-electron chi connectivity index (χ2n) is 5.20. The minimum absolute atomic E-state index is 0.688. The summed E-state index contributed by atoms with van der Waals surface area (Å²) in [5.41, 5.74) is 5.55. The Bertz CT molecular complexity index is 738. The number of nitrogens with zero attached hydrogens (tertiary/aromatic N) is 2. The van der Waals surface area contributed by atoms with Gasteiger partial charge in [0.15, 0.2) is 0 Å². The van der Waals surface area contributed by atoms with E-state index in [1.54, 1.807) is 0 Å². The molecule has 0 saturated heterocycles. The van der Waals surface area contributed by atoms with Gasteiger partial charge in [0.25, 0.3) is 0 Å². The van der Waals surface area contributed by atoms with Gasteiger partial charge in [0.1, 0.15) is 0 Å². The molecule has 0 radical (unpaired) electrons. The quantitative estimate of drug-likeness (QED) is 0.763. The minimum atomic E-state index is 0.688. The molecule has 0 amide bonds. The first-order valence-corrected chi connectivity index (χ1v) is 6.74. The van der Waals surface area contributed by atoms with Crippen molar-refractivity contribution in [3.8, 4) is 0 Å². The van der Waals surface area contributed by atoms with Crippen LogP contribution in [-0.2, 0) is 6.54 Å². The lowest BCUT2D eigenvalue weighted by atomic mass is 10.1. The highest BCUT2D eigenvalue weighted by atomic mass is 15.1. The molecule has 2 aromatic heterocycles. The molecule has 0 aliphatic heterocycles. The Hall–Kier alpha value is -2.36. The third-order valence-electron chi connectivity index (χ3n) is 3.25. The Morgan fingerprint density at radius 1 is 1.00 bits per heavy atom. The summed E-state index contributed by atoms with van der Waals surface area (Å²) in [5, 5.41) is 4.52. The van der Waals surface area contributed by atoms with Gasteiger partial charge in [-0.05, 0) is 56.0 Å². The normalized spacial score (nSPS) is 10.9. The van der Waals surface area contributed by atoms with Gasteiger partial charge in [0.2, 0.25) is 5.95 Å². The van der Waals surface area contributed by atoms with Gasteiger partial charge in [-0.25, -0.2) is 9.97 Å². The number of aromatic amines is 1. The molecule has 3 rings (SSSR count). The molecule has 0 spiro atoms. The van der Waals surface area contributed by atoms with Gasteiger partial charge < -0.3 is 10.3 Å². The van der Waals surface area contributed by atoms with E-state index in [4.69, 9.17) is 0 Å². The number of H-pyrrole nitrogens is 1. The van der Waals surface area contributed by atoms with Gasteiger partial charge in [0, 0.05) is 29.1 Å². The molecule has 4 heteroatoms. The molecule has 0 aliphatic carbocycles. The lowest BCUT2D eigenvalue weighted by Gasteiger charge is -2.07. The first-order chi connectivity index (χ1) is 9.60. The molecule has 0 atom stereocenters. The zero-order valence-corrected chi connectivity index (χ0v) is 12.0. The number of rotatable bonds is 3. The Kier molecular flexibility index (Phi) is 3.14. The Morgan fingerprint density at radius 3 is 2.50 bits per heavy atom. The van der Waals surface area contributed by atoms with E-state index in [0.29, 0.717) is 5.95 Å². The number of nitrogens with one attached hydrogen (secondary N) is 2. The smallest absolute Gasteiger partial charge is 0.223 e. The molecule has 102 valence electrons. The maximum Gasteiger partial charge on any atom is 0.223 e. The van der Waals surface area contributed by atoms with E-state index in [1.165, 1.54) is 22.2 Å². The number of aromatic nitrogens is 3.